The third-order valence-electron chi connectivity index (χ3n) is 5.89. The van der Waals surface area contributed by atoms with E-state index in [0.717, 1.165) is 24.2 Å². The lowest BCUT2D eigenvalue weighted by Gasteiger charge is -2.36. The highest BCUT2D eigenvalue weighted by Gasteiger charge is 2.32. The summed E-state index contributed by atoms with van der Waals surface area (Å²) < 4.78 is 7.44. The Morgan fingerprint density at radius 3 is 2.24 bits per heavy atom. The Morgan fingerprint density at radius 1 is 1.03 bits per heavy atom. The van der Waals surface area contributed by atoms with Crippen LogP contribution in [0.5, 0.6) is 0 Å². The minimum Gasteiger partial charge on any atom is -0.444 e. The van der Waals surface area contributed by atoms with E-state index in [1.54, 1.807) is 17.2 Å². The number of carbonyl (C=O) groups is 2. The molecule has 0 atom stereocenters. The van der Waals surface area contributed by atoms with E-state index < -0.39 is 5.60 Å². The van der Waals surface area contributed by atoms with Crippen molar-refractivity contribution in [1.82, 2.24) is 19.7 Å². The van der Waals surface area contributed by atoms with Gasteiger partial charge in [0.25, 0.3) is 5.91 Å². The van der Waals surface area contributed by atoms with Crippen LogP contribution in [0.1, 0.15) is 76.5 Å². The quantitative estimate of drug-likeness (QED) is 0.722. The average molecular weight is 469 g/mol. The second kappa shape index (κ2) is 8.92. The molecule has 0 spiro atoms. The normalized spacial score (nSPS) is 17.0. The van der Waals surface area contributed by atoms with Gasteiger partial charge in [-0.25, -0.2) is 9.78 Å². The Kier molecular flexibility index (Phi) is 6.31. The molecule has 4 rings (SSSR count). The predicted molar refractivity (Wildman–Crippen MR) is 131 cm³/mol. The molecule has 2 amide bonds. The molecule has 184 valence electrons. The highest BCUT2D eigenvalue weighted by atomic mass is 16.6. The summed E-state index contributed by atoms with van der Waals surface area (Å²) in [6, 6.07) is 5.65. The SMILES string of the molecule is CC(C)(C)OC(=O)N1CCN(c2ccc(NC(=O)c3cc(C4CC4)n(C(C)(C)C)n3)nc2)CC1. The van der Waals surface area contributed by atoms with Gasteiger partial charge in [0.05, 0.1) is 17.4 Å². The lowest BCUT2D eigenvalue weighted by atomic mass is 10.1. The van der Waals surface area contributed by atoms with Gasteiger partial charge in [-0.2, -0.15) is 5.10 Å². The van der Waals surface area contributed by atoms with Crippen molar-refractivity contribution >= 4 is 23.5 Å². The van der Waals surface area contributed by atoms with E-state index in [0.29, 0.717) is 43.6 Å². The number of nitrogens with one attached hydrogen (secondary N) is 1. The number of carbonyl (C=O) groups excluding carboxylic acids is 2. The van der Waals surface area contributed by atoms with Crippen LogP contribution in [0.2, 0.25) is 0 Å². The smallest absolute Gasteiger partial charge is 0.410 e. The van der Waals surface area contributed by atoms with E-state index in [1.807, 2.05) is 37.6 Å². The number of hydrogen-bond acceptors (Lipinski definition) is 6. The summed E-state index contributed by atoms with van der Waals surface area (Å²) in [5.74, 6) is 0.733. The molecule has 1 aliphatic heterocycles. The number of rotatable bonds is 4. The van der Waals surface area contributed by atoms with E-state index in [-0.39, 0.29) is 17.5 Å². The lowest BCUT2D eigenvalue weighted by molar-refractivity contribution is 0.0240. The molecule has 2 aromatic rings. The number of aromatic nitrogens is 3. The Bertz CT molecular complexity index is 1040. The number of pyridine rings is 1. The van der Waals surface area contributed by atoms with Crippen LogP contribution in [-0.2, 0) is 10.3 Å². The van der Waals surface area contributed by atoms with Gasteiger partial charge in [0.15, 0.2) is 5.69 Å². The largest absolute Gasteiger partial charge is 0.444 e. The minimum atomic E-state index is -0.497. The monoisotopic (exact) mass is 468 g/mol. The maximum absolute atomic E-state index is 12.8. The van der Waals surface area contributed by atoms with Gasteiger partial charge in [0, 0.05) is 37.8 Å². The summed E-state index contributed by atoms with van der Waals surface area (Å²) in [7, 11) is 0. The zero-order chi connectivity index (χ0) is 24.7. The maximum Gasteiger partial charge on any atom is 0.410 e. The van der Waals surface area contributed by atoms with Crippen LogP contribution in [0.15, 0.2) is 24.4 Å². The molecule has 1 saturated carbocycles. The van der Waals surface area contributed by atoms with E-state index in [4.69, 9.17) is 4.74 Å². The first-order chi connectivity index (χ1) is 15.9. The fourth-order valence-corrected chi connectivity index (χ4v) is 4.01. The Hall–Kier alpha value is -3.10. The van der Waals surface area contributed by atoms with Crippen molar-refractivity contribution in [3.8, 4) is 0 Å². The van der Waals surface area contributed by atoms with Crippen molar-refractivity contribution in [3.05, 3.63) is 35.8 Å². The molecule has 1 saturated heterocycles. The molecule has 2 aliphatic rings. The van der Waals surface area contributed by atoms with Gasteiger partial charge in [0.2, 0.25) is 0 Å². The molecule has 1 N–H and O–H groups in total. The van der Waals surface area contributed by atoms with E-state index in [9.17, 15) is 9.59 Å². The molecule has 3 heterocycles. The molecule has 2 aromatic heterocycles. The van der Waals surface area contributed by atoms with Crippen molar-refractivity contribution < 1.29 is 14.3 Å². The van der Waals surface area contributed by atoms with Crippen molar-refractivity contribution in [2.24, 2.45) is 0 Å². The summed E-state index contributed by atoms with van der Waals surface area (Å²) in [4.78, 5) is 33.5. The van der Waals surface area contributed by atoms with Crippen LogP contribution in [0.4, 0.5) is 16.3 Å². The first-order valence-corrected chi connectivity index (χ1v) is 12.0. The number of anilines is 2. The summed E-state index contributed by atoms with van der Waals surface area (Å²) in [6.07, 6.45) is 3.78. The number of ether oxygens (including phenoxy) is 1. The van der Waals surface area contributed by atoms with Gasteiger partial charge in [-0.15, -0.1) is 0 Å². The third-order valence-corrected chi connectivity index (χ3v) is 5.89. The Morgan fingerprint density at radius 2 is 1.71 bits per heavy atom. The van der Waals surface area contributed by atoms with E-state index in [1.165, 1.54) is 0 Å². The number of piperazine rings is 1. The molecule has 9 nitrogen and oxygen atoms in total. The first-order valence-electron chi connectivity index (χ1n) is 12.0. The molecule has 9 heteroatoms. The van der Waals surface area contributed by atoms with Crippen LogP contribution in [-0.4, -0.2) is 63.4 Å². The zero-order valence-electron chi connectivity index (χ0n) is 21.1. The standard InChI is InChI=1S/C25H36N6O3/c1-24(2,3)31-20(17-7-8-17)15-19(28-31)22(32)27-21-10-9-18(16-26-21)29-11-13-30(14-12-29)23(33)34-25(4,5)6/h9-10,15-17H,7-8,11-14H2,1-6H3,(H,26,27,32). The highest BCUT2D eigenvalue weighted by Crippen LogP contribution is 2.41. The van der Waals surface area contributed by atoms with Crippen LogP contribution in [0.25, 0.3) is 0 Å². The molecular formula is C25H36N6O3. The number of nitrogens with zero attached hydrogens (tertiary/aromatic N) is 5. The Labute approximate surface area is 201 Å². The molecule has 0 aromatic carbocycles. The molecular weight excluding hydrogens is 432 g/mol. The fourth-order valence-electron chi connectivity index (χ4n) is 4.01. The maximum atomic E-state index is 12.8. The molecule has 0 bridgehead atoms. The van der Waals surface area contributed by atoms with E-state index >= 15 is 0 Å². The topological polar surface area (TPSA) is 92.6 Å². The summed E-state index contributed by atoms with van der Waals surface area (Å²) in [5, 5.41) is 7.47. The lowest BCUT2D eigenvalue weighted by Crippen LogP contribution is -2.50. The summed E-state index contributed by atoms with van der Waals surface area (Å²) >= 11 is 0. The van der Waals surface area contributed by atoms with Crippen LogP contribution in [0.3, 0.4) is 0 Å². The molecule has 0 radical (unpaired) electrons. The first kappa shape index (κ1) is 24.0. The van der Waals surface area contributed by atoms with Crippen molar-refractivity contribution in [1.29, 1.82) is 0 Å². The molecule has 34 heavy (non-hydrogen) atoms. The van der Waals surface area contributed by atoms with E-state index in [2.05, 4.69) is 41.1 Å². The van der Waals surface area contributed by atoms with Gasteiger partial charge in [0.1, 0.15) is 11.4 Å². The van der Waals surface area contributed by atoms with Gasteiger partial charge in [-0.05, 0) is 72.6 Å². The second-order valence-electron chi connectivity index (χ2n) is 11.1. The van der Waals surface area contributed by atoms with Gasteiger partial charge < -0.3 is 19.9 Å². The predicted octanol–water partition coefficient (Wildman–Crippen LogP) is 4.22. The molecule has 1 aliphatic carbocycles. The van der Waals surface area contributed by atoms with Gasteiger partial charge >= 0.3 is 6.09 Å². The van der Waals surface area contributed by atoms with Crippen LogP contribution < -0.4 is 10.2 Å². The highest BCUT2D eigenvalue weighted by molar-refractivity contribution is 6.02. The second-order valence-corrected chi connectivity index (χ2v) is 11.1. The van der Waals surface area contributed by atoms with Crippen molar-refractivity contribution in [3.63, 3.8) is 0 Å². The summed E-state index contributed by atoms with van der Waals surface area (Å²) in [6.45, 7) is 14.5. The Balaban J connectivity index is 1.35. The van der Waals surface area contributed by atoms with Crippen LogP contribution >= 0.6 is 0 Å². The average Bonchev–Trinajstić information content (AvgIpc) is 3.49. The zero-order valence-corrected chi connectivity index (χ0v) is 21.1. The number of hydrogen-bond donors (Lipinski definition) is 1. The minimum absolute atomic E-state index is 0.177. The molecule has 0 unspecified atom stereocenters. The van der Waals surface area contributed by atoms with Gasteiger partial charge in [-0.1, -0.05) is 0 Å². The third kappa shape index (κ3) is 5.69. The summed E-state index contributed by atoms with van der Waals surface area (Å²) in [5.41, 5.74) is 1.83. The number of amides is 2. The van der Waals surface area contributed by atoms with Crippen molar-refractivity contribution in [2.45, 2.75) is 71.4 Å². The fraction of sp³-hybridized carbons (Fsp3) is 0.600. The van der Waals surface area contributed by atoms with Crippen LogP contribution in [0, 0.1) is 0 Å². The van der Waals surface area contributed by atoms with Gasteiger partial charge in [-0.3, -0.25) is 9.48 Å². The van der Waals surface area contributed by atoms with Crippen molar-refractivity contribution in [2.75, 3.05) is 36.4 Å². The molecule has 2 fully saturated rings.